The highest BCUT2D eigenvalue weighted by Gasteiger charge is 2.24. The maximum atomic E-state index is 13.4. The molecule has 0 saturated carbocycles. The van der Waals surface area contributed by atoms with Crippen LogP contribution in [0.25, 0.3) is 0 Å². The van der Waals surface area contributed by atoms with E-state index in [1.54, 1.807) is 0 Å². The Balaban J connectivity index is 3.03. The molecule has 19 heavy (non-hydrogen) atoms. The summed E-state index contributed by atoms with van der Waals surface area (Å²) in [7, 11) is -3.63. The number of carbonyl (C=O) groups excluding carboxylic acids is 1. The number of nitro groups is 1. The lowest BCUT2D eigenvalue weighted by atomic mass is 10.2. The van der Waals surface area contributed by atoms with E-state index in [0.717, 1.165) is 31.4 Å². The molecule has 0 aliphatic heterocycles. The van der Waals surface area contributed by atoms with E-state index in [1.807, 2.05) is 5.32 Å². The van der Waals surface area contributed by atoms with Gasteiger partial charge in [-0.25, -0.2) is 12.8 Å². The van der Waals surface area contributed by atoms with Crippen LogP contribution >= 0.6 is 0 Å². The number of halogens is 1. The van der Waals surface area contributed by atoms with Crippen LogP contribution in [-0.2, 0) is 14.6 Å². The Kier molecular flexibility index (Phi) is 4.20. The van der Waals surface area contributed by atoms with Gasteiger partial charge in [-0.2, -0.15) is 0 Å². The Morgan fingerprint density at radius 1 is 1.47 bits per heavy atom. The second-order valence-corrected chi connectivity index (χ2v) is 6.25. The van der Waals surface area contributed by atoms with Gasteiger partial charge in [-0.3, -0.25) is 14.9 Å². The smallest absolute Gasteiger partial charge is 0.271 e. The second kappa shape index (κ2) is 5.31. The Bertz CT molecular complexity index is 629. The number of hydrogen-bond acceptors (Lipinski definition) is 5. The van der Waals surface area contributed by atoms with Crippen molar-refractivity contribution in [3.05, 3.63) is 34.1 Å². The molecule has 1 atom stereocenters. The molecule has 0 aliphatic rings. The van der Waals surface area contributed by atoms with Crippen LogP contribution in [0.4, 0.5) is 15.8 Å². The molecule has 0 radical (unpaired) electrons. The lowest BCUT2D eigenvalue weighted by Crippen LogP contribution is -2.32. The number of benzene rings is 1. The molecule has 0 fully saturated rings. The molecule has 0 spiro atoms. The van der Waals surface area contributed by atoms with Gasteiger partial charge < -0.3 is 5.32 Å². The number of nitrogens with one attached hydrogen (secondary N) is 1. The van der Waals surface area contributed by atoms with Gasteiger partial charge >= 0.3 is 0 Å². The van der Waals surface area contributed by atoms with E-state index in [4.69, 9.17) is 0 Å². The monoisotopic (exact) mass is 290 g/mol. The fourth-order valence-electron chi connectivity index (χ4n) is 1.15. The van der Waals surface area contributed by atoms with Crippen LogP contribution in [0.2, 0.25) is 0 Å². The molecule has 9 heteroatoms. The molecule has 0 saturated heterocycles. The first-order valence-electron chi connectivity index (χ1n) is 5.06. The summed E-state index contributed by atoms with van der Waals surface area (Å²) in [5.41, 5.74) is -0.849. The highest BCUT2D eigenvalue weighted by Crippen LogP contribution is 2.21. The van der Waals surface area contributed by atoms with Gasteiger partial charge in [0.05, 0.1) is 10.6 Å². The van der Waals surface area contributed by atoms with Crippen LogP contribution in [0.3, 0.4) is 0 Å². The van der Waals surface area contributed by atoms with Gasteiger partial charge in [0, 0.05) is 18.4 Å². The summed E-state index contributed by atoms with van der Waals surface area (Å²) in [5, 5.41) is 11.1. The molecule has 0 aliphatic carbocycles. The molecular formula is C10H11FN2O5S. The zero-order valence-electron chi connectivity index (χ0n) is 10.1. The Morgan fingerprint density at radius 2 is 2.05 bits per heavy atom. The number of hydrogen-bond donors (Lipinski definition) is 1. The lowest BCUT2D eigenvalue weighted by molar-refractivity contribution is -0.384. The normalized spacial score (nSPS) is 12.8. The quantitative estimate of drug-likeness (QED) is 0.660. The molecule has 104 valence electrons. The minimum Gasteiger partial charge on any atom is -0.322 e. The van der Waals surface area contributed by atoms with E-state index in [1.165, 1.54) is 0 Å². The van der Waals surface area contributed by atoms with Crippen LogP contribution in [-0.4, -0.2) is 30.8 Å². The molecule has 0 bridgehead atoms. The molecule has 7 nitrogen and oxygen atoms in total. The molecule has 1 amide bonds. The number of nitro benzene ring substituents is 1. The van der Waals surface area contributed by atoms with Crippen LogP contribution in [0.5, 0.6) is 0 Å². The van der Waals surface area contributed by atoms with Crippen molar-refractivity contribution in [2.24, 2.45) is 0 Å². The number of anilines is 1. The predicted octanol–water partition coefficient (Wildman–Crippen LogP) is 1.11. The first kappa shape index (κ1) is 15.0. The summed E-state index contributed by atoms with van der Waals surface area (Å²) >= 11 is 0. The molecule has 1 aromatic carbocycles. The molecule has 0 unspecified atom stereocenters. The van der Waals surface area contributed by atoms with Crippen molar-refractivity contribution in [3.8, 4) is 0 Å². The summed E-state index contributed by atoms with van der Waals surface area (Å²) < 4.78 is 35.7. The topological polar surface area (TPSA) is 106 Å². The lowest BCUT2D eigenvalue weighted by Gasteiger charge is -2.10. The summed E-state index contributed by atoms with van der Waals surface area (Å²) in [5.74, 6) is -1.85. The number of rotatable bonds is 4. The summed E-state index contributed by atoms with van der Waals surface area (Å²) in [6.07, 6.45) is 0.862. The largest absolute Gasteiger partial charge is 0.322 e. The van der Waals surface area contributed by atoms with Gasteiger partial charge in [0.1, 0.15) is 11.1 Å². The third-order valence-electron chi connectivity index (χ3n) is 2.43. The summed E-state index contributed by atoms with van der Waals surface area (Å²) in [6, 6.07) is 2.58. The average Bonchev–Trinajstić information content (AvgIpc) is 2.29. The van der Waals surface area contributed by atoms with Crippen LogP contribution in [0.15, 0.2) is 18.2 Å². The molecule has 1 N–H and O–H groups in total. The van der Waals surface area contributed by atoms with Crippen molar-refractivity contribution in [2.75, 3.05) is 11.6 Å². The van der Waals surface area contributed by atoms with Gasteiger partial charge in [0.2, 0.25) is 5.91 Å². The third-order valence-corrected chi connectivity index (χ3v) is 3.93. The molecular weight excluding hydrogens is 279 g/mol. The van der Waals surface area contributed by atoms with E-state index in [-0.39, 0.29) is 0 Å². The van der Waals surface area contributed by atoms with Crippen molar-refractivity contribution in [3.63, 3.8) is 0 Å². The van der Waals surface area contributed by atoms with Crippen LogP contribution < -0.4 is 5.32 Å². The van der Waals surface area contributed by atoms with Crippen LogP contribution in [0.1, 0.15) is 6.92 Å². The van der Waals surface area contributed by atoms with Gasteiger partial charge in [0.25, 0.3) is 5.69 Å². The maximum Gasteiger partial charge on any atom is 0.271 e. The van der Waals surface area contributed by atoms with E-state index in [0.29, 0.717) is 0 Å². The third kappa shape index (κ3) is 3.71. The van der Waals surface area contributed by atoms with E-state index < -0.39 is 43.1 Å². The minimum absolute atomic E-state index is 0.413. The maximum absolute atomic E-state index is 13.4. The fraction of sp³-hybridized carbons (Fsp3) is 0.300. The standard InChI is InChI=1S/C10H11FN2O5S/c1-6(19(2,17)18)10(14)12-9-5-7(13(15)16)3-4-8(9)11/h3-6H,1-2H3,(H,12,14)/t6-/m1/s1. The van der Waals surface area contributed by atoms with Gasteiger partial charge in [-0.1, -0.05) is 0 Å². The van der Waals surface area contributed by atoms with Crippen molar-refractivity contribution >= 4 is 27.1 Å². The van der Waals surface area contributed by atoms with Crippen molar-refractivity contribution in [1.82, 2.24) is 0 Å². The number of amides is 1. The first-order chi connectivity index (χ1) is 8.62. The summed E-state index contributed by atoms with van der Waals surface area (Å²) in [6.45, 7) is 1.14. The minimum atomic E-state index is -3.63. The van der Waals surface area contributed by atoms with E-state index >= 15 is 0 Å². The fourth-order valence-corrected chi connectivity index (χ4v) is 1.60. The van der Waals surface area contributed by atoms with E-state index in [9.17, 15) is 27.7 Å². The highest BCUT2D eigenvalue weighted by atomic mass is 32.2. The molecule has 0 aromatic heterocycles. The predicted molar refractivity (Wildman–Crippen MR) is 66.0 cm³/mol. The number of sulfone groups is 1. The Labute approximate surface area is 108 Å². The average molecular weight is 290 g/mol. The molecule has 1 rings (SSSR count). The second-order valence-electron chi connectivity index (χ2n) is 3.88. The van der Waals surface area contributed by atoms with Crippen LogP contribution in [0, 0.1) is 15.9 Å². The first-order valence-corrected chi connectivity index (χ1v) is 7.02. The zero-order chi connectivity index (χ0) is 14.8. The van der Waals surface area contributed by atoms with E-state index in [2.05, 4.69) is 0 Å². The van der Waals surface area contributed by atoms with Gasteiger partial charge in [-0.15, -0.1) is 0 Å². The van der Waals surface area contributed by atoms with Crippen molar-refractivity contribution in [2.45, 2.75) is 12.2 Å². The SMILES string of the molecule is C[C@H](C(=O)Nc1cc([N+](=O)[O-])ccc1F)S(C)(=O)=O. The highest BCUT2D eigenvalue weighted by molar-refractivity contribution is 7.92. The molecule has 1 aromatic rings. The zero-order valence-corrected chi connectivity index (χ0v) is 10.9. The Hall–Kier alpha value is -2.03. The van der Waals surface area contributed by atoms with Gasteiger partial charge in [-0.05, 0) is 13.0 Å². The number of carbonyl (C=O) groups is 1. The van der Waals surface area contributed by atoms with Crippen molar-refractivity contribution in [1.29, 1.82) is 0 Å². The molecule has 0 heterocycles. The van der Waals surface area contributed by atoms with Gasteiger partial charge in [0.15, 0.2) is 9.84 Å². The number of non-ortho nitro benzene ring substituents is 1. The summed E-state index contributed by atoms with van der Waals surface area (Å²) in [4.78, 5) is 21.3. The van der Waals surface area contributed by atoms with Crippen molar-refractivity contribution < 1.29 is 22.5 Å². The number of nitrogens with zero attached hydrogens (tertiary/aromatic N) is 1. The Morgan fingerprint density at radius 3 is 2.53 bits per heavy atom.